The minimum Gasteiger partial charge on any atom is -0.496 e. The summed E-state index contributed by atoms with van der Waals surface area (Å²) >= 11 is 0. The molecule has 0 aliphatic carbocycles. The number of esters is 1. The SMILES string of the molecule is C=Cc1ccc(-c2c3c(c(OC)c4cc(C)c(C)cc24)COC3=O)cc1. The highest BCUT2D eigenvalue weighted by Crippen LogP contribution is 2.45. The van der Waals surface area contributed by atoms with Gasteiger partial charge in [0.2, 0.25) is 0 Å². The Labute approximate surface area is 152 Å². The number of methoxy groups -OCH3 is 1. The average Bonchev–Trinajstić information content (AvgIpc) is 3.02. The van der Waals surface area contributed by atoms with Crippen LogP contribution in [0.4, 0.5) is 0 Å². The molecule has 0 saturated carbocycles. The van der Waals surface area contributed by atoms with Gasteiger partial charge in [0.15, 0.2) is 0 Å². The van der Waals surface area contributed by atoms with Crippen LogP contribution in [0.1, 0.15) is 32.6 Å². The van der Waals surface area contributed by atoms with Gasteiger partial charge >= 0.3 is 5.97 Å². The Morgan fingerprint density at radius 2 is 1.69 bits per heavy atom. The largest absolute Gasteiger partial charge is 0.496 e. The van der Waals surface area contributed by atoms with Crippen LogP contribution >= 0.6 is 0 Å². The molecule has 0 bridgehead atoms. The Morgan fingerprint density at radius 1 is 1.04 bits per heavy atom. The molecule has 0 N–H and O–H groups in total. The molecule has 0 atom stereocenters. The van der Waals surface area contributed by atoms with Crippen molar-refractivity contribution in [3.8, 4) is 16.9 Å². The van der Waals surface area contributed by atoms with Crippen molar-refractivity contribution in [3.63, 3.8) is 0 Å². The summed E-state index contributed by atoms with van der Waals surface area (Å²) in [6.45, 7) is 8.22. The summed E-state index contributed by atoms with van der Waals surface area (Å²) < 4.78 is 11.1. The van der Waals surface area contributed by atoms with Crippen molar-refractivity contribution in [2.24, 2.45) is 0 Å². The van der Waals surface area contributed by atoms with E-state index in [1.54, 1.807) is 7.11 Å². The van der Waals surface area contributed by atoms with Crippen LogP contribution in [0, 0.1) is 13.8 Å². The number of benzene rings is 3. The Bertz CT molecular complexity index is 1060. The summed E-state index contributed by atoms with van der Waals surface area (Å²) in [7, 11) is 1.64. The minimum atomic E-state index is -0.291. The fourth-order valence-electron chi connectivity index (χ4n) is 3.66. The third-order valence-electron chi connectivity index (χ3n) is 5.16. The quantitative estimate of drug-likeness (QED) is 0.593. The van der Waals surface area contributed by atoms with Gasteiger partial charge in [-0.15, -0.1) is 0 Å². The number of ether oxygens (including phenoxy) is 2. The van der Waals surface area contributed by atoms with E-state index in [9.17, 15) is 4.79 Å². The maximum absolute atomic E-state index is 12.6. The molecule has 0 amide bonds. The molecular weight excluding hydrogens is 324 g/mol. The van der Waals surface area contributed by atoms with Gasteiger partial charge in [-0.1, -0.05) is 43.0 Å². The topological polar surface area (TPSA) is 35.5 Å². The van der Waals surface area contributed by atoms with Crippen molar-refractivity contribution in [1.82, 2.24) is 0 Å². The molecule has 1 heterocycles. The molecule has 3 heteroatoms. The highest BCUT2D eigenvalue weighted by atomic mass is 16.5. The number of carbonyl (C=O) groups excluding carboxylic acids is 1. The summed E-state index contributed by atoms with van der Waals surface area (Å²) in [5.41, 5.74) is 6.75. The Kier molecular flexibility index (Phi) is 3.80. The van der Waals surface area contributed by atoms with Gasteiger partial charge < -0.3 is 9.47 Å². The number of carbonyl (C=O) groups is 1. The number of fused-ring (bicyclic) bond motifs is 2. The Morgan fingerprint density at radius 3 is 2.31 bits per heavy atom. The van der Waals surface area contributed by atoms with Crippen LogP contribution < -0.4 is 4.74 Å². The second-order valence-electron chi connectivity index (χ2n) is 6.65. The van der Waals surface area contributed by atoms with Crippen molar-refractivity contribution in [3.05, 3.63) is 70.8 Å². The van der Waals surface area contributed by atoms with Crippen LogP contribution in [-0.4, -0.2) is 13.1 Å². The molecule has 3 aromatic carbocycles. The molecule has 3 aromatic rings. The molecule has 0 unspecified atom stereocenters. The van der Waals surface area contributed by atoms with Crippen molar-refractivity contribution >= 4 is 22.8 Å². The van der Waals surface area contributed by atoms with Gasteiger partial charge in [0.05, 0.1) is 12.7 Å². The highest BCUT2D eigenvalue weighted by Gasteiger charge is 2.31. The maximum atomic E-state index is 12.6. The number of rotatable bonds is 3. The summed E-state index contributed by atoms with van der Waals surface area (Å²) in [4.78, 5) is 12.6. The van der Waals surface area contributed by atoms with Gasteiger partial charge in [0, 0.05) is 16.5 Å². The van der Waals surface area contributed by atoms with Crippen molar-refractivity contribution < 1.29 is 14.3 Å². The molecule has 0 spiro atoms. The highest BCUT2D eigenvalue weighted by molar-refractivity contribution is 6.13. The van der Waals surface area contributed by atoms with Gasteiger partial charge in [-0.05, 0) is 47.6 Å². The first-order valence-electron chi connectivity index (χ1n) is 8.59. The summed E-state index contributed by atoms with van der Waals surface area (Å²) in [6.07, 6.45) is 1.81. The predicted octanol–water partition coefficient (Wildman–Crippen LogP) is 5.45. The molecule has 1 aliphatic heterocycles. The summed E-state index contributed by atoms with van der Waals surface area (Å²) in [6, 6.07) is 12.3. The van der Waals surface area contributed by atoms with Crippen LogP contribution in [0.3, 0.4) is 0 Å². The van der Waals surface area contributed by atoms with Gasteiger partial charge in [-0.25, -0.2) is 4.79 Å². The lowest BCUT2D eigenvalue weighted by Crippen LogP contribution is -2.01. The number of hydrogen-bond acceptors (Lipinski definition) is 3. The fourth-order valence-corrected chi connectivity index (χ4v) is 3.66. The van der Waals surface area contributed by atoms with E-state index in [4.69, 9.17) is 9.47 Å². The van der Waals surface area contributed by atoms with Gasteiger partial charge in [0.1, 0.15) is 12.4 Å². The van der Waals surface area contributed by atoms with Crippen molar-refractivity contribution in [2.75, 3.05) is 7.11 Å². The monoisotopic (exact) mass is 344 g/mol. The number of cyclic esters (lactones) is 1. The lowest BCUT2D eigenvalue weighted by Gasteiger charge is -2.17. The lowest BCUT2D eigenvalue weighted by atomic mass is 9.87. The van der Waals surface area contributed by atoms with E-state index in [1.165, 1.54) is 11.1 Å². The van der Waals surface area contributed by atoms with Gasteiger partial charge in [0.25, 0.3) is 0 Å². The van der Waals surface area contributed by atoms with Gasteiger partial charge in [-0.3, -0.25) is 0 Å². The lowest BCUT2D eigenvalue weighted by molar-refractivity contribution is 0.0535. The molecule has 1 aliphatic rings. The van der Waals surface area contributed by atoms with Gasteiger partial charge in [-0.2, -0.15) is 0 Å². The smallest absolute Gasteiger partial charge is 0.339 e. The van der Waals surface area contributed by atoms with Crippen LogP contribution in [-0.2, 0) is 11.3 Å². The Balaban J connectivity index is 2.16. The number of aryl methyl sites for hydroxylation is 2. The first-order valence-corrected chi connectivity index (χ1v) is 8.59. The second kappa shape index (κ2) is 6.03. The molecule has 130 valence electrons. The summed E-state index contributed by atoms with van der Waals surface area (Å²) in [5, 5.41) is 2.02. The van der Waals surface area contributed by atoms with E-state index in [0.717, 1.165) is 38.8 Å². The minimum absolute atomic E-state index is 0.248. The second-order valence-corrected chi connectivity index (χ2v) is 6.65. The third-order valence-corrected chi connectivity index (χ3v) is 5.16. The van der Waals surface area contributed by atoms with E-state index in [-0.39, 0.29) is 12.6 Å². The number of hydrogen-bond donors (Lipinski definition) is 0. The van der Waals surface area contributed by atoms with Crippen LogP contribution in [0.5, 0.6) is 5.75 Å². The van der Waals surface area contributed by atoms with Crippen LogP contribution in [0.25, 0.3) is 28.0 Å². The van der Waals surface area contributed by atoms with E-state index in [1.807, 2.05) is 30.3 Å². The fraction of sp³-hybridized carbons (Fsp3) is 0.174. The molecule has 4 rings (SSSR count). The standard InChI is InChI=1S/C23H20O3/c1-5-15-6-8-16(9-7-15)20-17-10-13(2)14(3)11-18(17)22(25-4)19-12-26-23(24)21(19)20/h5-11H,1,12H2,2-4H3. The van der Waals surface area contributed by atoms with E-state index >= 15 is 0 Å². The molecule has 0 radical (unpaired) electrons. The van der Waals surface area contributed by atoms with E-state index in [0.29, 0.717) is 5.56 Å². The average molecular weight is 344 g/mol. The predicted molar refractivity (Wildman–Crippen MR) is 105 cm³/mol. The normalized spacial score (nSPS) is 12.8. The van der Waals surface area contributed by atoms with E-state index in [2.05, 4.69) is 32.6 Å². The maximum Gasteiger partial charge on any atom is 0.339 e. The molecular formula is C23H20O3. The molecule has 26 heavy (non-hydrogen) atoms. The third kappa shape index (κ3) is 2.31. The summed E-state index contributed by atoms with van der Waals surface area (Å²) in [5.74, 6) is 0.441. The van der Waals surface area contributed by atoms with Crippen LogP contribution in [0.2, 0.25) is 0 Å². The zero-order valence-electron chi connectivity index (χ0n) is 15.2. The molecule has 3 nitrogen and oxygen atoms in total. The zero-order chi connectivity index (χ0) is 18.4. The first-order chi connectivity index (χ1) is 12.5. The molecule has 0 aromatic heterocycles. The van der Waals surface area contributed by atoms with Crippen molar-refractivity contribution in [1.29, 1.82) is 0 Å². The first kappa shape index (κ1) is 16.4. The van der Waals surface area contributed by atoms with E-state index < -0.39 is 0 Å². The van der Waals surface area contributed by atoms with Crippen molar-refractivity contribution in [2.45, 2.75) is 20.5 Å². The molecule has 0 fully saturated rings. The Hall–Kier alpha value is -3.07. The molecule has 0 saturated heterocycles. The van der Waals surface area contributed by atoms with Crippen LogP contribution in [0.15, 0.2) is 43.0 Å². The zero-order valence-corrected chi connectivity index (χ0v) is 15.2.